The Labute approximate surface area is 114 Å². The molecule has 0 heterocycles. The third-order valence-corrected chi connectivity index (χ3v) is 2.58. The minimum atomic E-state index is -0.0716. The highest BCUT2D eigenvalue weighted by atomic mass is 16.5. The second-order valence-electron chi connectivity index (χ2n) is 4.41. The lowest BCUT2D eigenvalue weighted by Crippen LogP contribution is -2.11. The summed E-state index contributed by atoms with van der Waals surface area (Å²) in [7, 11) is 0. The Kier molecular flexibility index (Phi) is 6.06. The van der Waals surface area contributed by atoms with E-state index in [1.165, 1.54) is 6.92 Å². The maximum absolute atomic E-state index is 11.6. The summed E-state index contributed by atoms with van der Waals surface area (Å²) in [6.45, 7) is 6.02. The van der Waals surface area contributed by atoms with E-state index in [0.717, 1.165) is 12.8 Å². The first-order valence-electron chi connectivity index (χ1n) is 6.66. The van der Waals surface area contributed by atoms with Crippen LogP contribution in [0.2, 0.25) is 0 Å². The van der Waals surface area contributed by atoms with Gasteiger partial charge >= 0.3 is 0 Å². The Bertz CT molecular complexity index is 455. The van der Waals surface area contributed by atoms with Gasteiger partial charge in [0.25, 0.3) is 0 Å². The van der Waals surface area contributed by atoms with Gasteiger partial charge in [-0.05, 0) is 38.0 Å². The summed E-state index contributed by atoms with van der Waals surface area (Å²) in [5, 5.41) is 2.77. The number of amides is 1. The van der Waals surface area contributed by atoms with Gasteiger partial charge < -0.3 is 10.1 Å². The number of ketones is 1. The molecular weight excluding hydrogens is 242 g/mol. The number of nitrogens with one attached hydrogen (secondary N) is 1. The van der Waals surface area contributed by atoms with Crippen LogP contribution in [-0.4, -0.2) is 18.3 Å². The predicted octanol–water partition coefficient (Wildman–Crippen LogP) is 3.42. The molecule has 0 spiro atoms. The van der Waals surface area contributed by atoms with Crippen LogP contribution in [0.15, 0.2) is 18.2 Å². The van der Waals surface area contributed by atoms with Crippen molar-refractivity contribution in [3.8, 4) is 5.75 Å². The molecule has 1 N–H and O–H groups in total. The quantitative estimate of drug-likeness (QED) is 0.767. The highest BCUT2D eigenvalue weighted by molar-refractivity contribution is 5.99. The van der Waals surface area contributed by atoms with Crippen LogP contribution in [0.3, 0.4) is 0 Å². The lowest BCUT2D eigenvalue weighted by atomic mass is 10.1. The van der Waals surface area contributed by atoms with E-state index in [2.05, 4.69) is 5.32 Å². The maximum atomic E-state index is 11.6. The molecule has 1 amide bonds. The number of anilines is 1. The summed E-state index contributed by atoms with van der Waals surface area (Å²) in [5.41, 5.74) is 1.13. The number of Topliss-reactive ketones (excluding diaryl/α,β-unsaturated/α-hetero) is 1. The van der Waals surface area contributed by atoms with E-state index in [1.54, 1.807) is 18.2 Å². The summed E-state index contributed by atoms with van der Waals surface area (Å²) in [5.74, 6) is 0.458. The number of ether oxygens (including phenoxy) is 1. The van der Waals surface area contributed by atoms with E-state index < -0.39 is 0 Å². The number of hydrogen-bond acceptors (Lipinski definition) is 3. The van der Waals surface area contributed by atoms with E-state index in [9.17, 15) is 9.59 Å². The van der Waals surface area contributed by atoms with Crippen molar-refractivity contribution in [1.82, 2.24) is 0 Å². The molecule has 0 aliphatic carbocycles. The topological polar surface area (TPSA) is 55.4 Å². The fourth-order valence-corrected chi connectivity index (χ4v) is 1.67. The second kappa shape index (κ2) is 7.56. The molecule has 0 unspecified atom stereocenters. The van der Waals surface area contributed by atoms with Crippen LogP contribution in [0.5, 0.6) is 5.75 Å². The zero-order chi connectivity index (χ0) is 14.3. The normalized spacial score (nSPS) is 10.1. The third kappa shape index (κ3) is 4.73. The van der Waals surface area contributed by atoms with Crippen LogP contribution < -0.4 is 10.1 Å². The number of rotatable bonds is 7. The molecule has 0 atom stereocenters. The predicted molar refractivity (Wildman–Crippen MR) is 75.8 cm³/mol. The van der Waals surface area contributed by atoms with E-state index in [4.69, 9.17) is 4.74 Å². The van der Waals surface area contributed by atoms with E-state index in [0.29, 0.717) is 30.0 Å². The van der Waals surface area contributed by atoms with Gasteiger partial charge in [-0.1, -0.05) is 13.8 Å². The summed E-state index contributed by atoms with van der Waals surface area (Å²) in [6, 6.07) is 5.15. The van der Waals surface area contributed by atoms with Gasteiger partial charge in [0.05, 0.1) is 12.2 Å². The van der Waals surface area contributed by atoms with Gasteiger partial charge in [0.1, 0.15) is 5.75 Å². The molecule has 4 nitrogen and oxygen atoms in total. The van der Waals surface area contributed by atoms with Gasteiger partial charge in [0.15, 0.2) is 5.78 Å². The number of hydrogen-bond donors (Lipinski definition) is 1. The monoisotopic (exact) mass is 263 g/mol. The Morgan fingerprint density at radius 3 is 2.53 bits per heavy atom. The first-order chi connectivity index (χ1) is 9.08. The molecular formula is C15H21NO3. The van der Waals surface area contributed by atoms with Crippen molar-refractivity contribution in [2.45, 2.75) is 40.0 Å². The smallest absolute Gasteiger partial charge is 0.224 e. The Morgan fingerprint density at radius 1 is 1.21 bits per heavy atom. The molecule has 104 valence electrons. The molecule has 0 saturated carbocycles. The van der Waals surface area contributed by atoms with Crippen LogP contribution in [0.25, 0.3) is 0 Å². The second-order valence-corrected chi connectivity index (χ2v) is 4.41. The molecule has 0 radical (unpaired) electrons. The fourth-order valence-electron chi connectivity index (χ4n) is 1.67. The first-order valence-corrected chi connectivity index (χ1v) is 6.66. The molecule has 19 heavy (non-hydrogen) atoms. The maximum Gasteiger partial charge on any atom is 0.224 e. The molecule has 0 saturated heterocycles. The summed E-state index contributed by atoms with van der Waals surface area (Å²) < 4.78 is 5.52. The summed E-state index contributed by atoms with van der Waals surface area (Å²) >= 11 is 0. The van der Waals surface area contributed by atoms with Crippen molar-refractivity contribution >= 4 is 17.4 Å². The zero-order valence-corrected chi connectivity index (χ0v) is 11.8. The summed E-state index contributed by atoms with van der Waals surface area (Å²) in [4.78, 5) is 23.1. The van der Waals surface area contributed by atoms with Crippen LogP contribution in [0, 0.1) is 0 Å². The van der Waals surface area contributed by atoms with Crippen molar-refractivity contribution in [1.29, 1.82) is 0 Å². The Hall–Kier alpha value is -1.84. The van der Waals surface area contributed by atoms with Crippen molar-refractivity contribution < 1.29 is 14.3 Å². The van der Waals surface area contributed by atoms with Crippen LogP contribution >= 0.6 is 0 Å². The lowest BCUT2D eigenvalue weighted by molar-refractivity contribution is -0.116. The highest BCUT2D eigenvalue weighted by Crippen LogP contribution is 2.23. The van der Waals surface area contributed by atoms with Gasteiger partial charge in [0, 0.05) is 12.1 Å². The summed E-state index contributed by atoms with van der Waals surface area (Å²) in [6.07, 6.45) is 2.15. The van der Waals surface area contributed by atoms with E-state index in [-0.39, 0.29) is 11.7 Å². The van der Waals surface area contributed by atoms with Crippen molar-refractivity contribution in [3.05, 3.63) is 23.8 Å². The van der Waals surface area contributed by atoms with Gasteiger partial charge in [0.2, 0.25) is 5.91 Å². The molecule has 0 aliphatic rings. The molecule has 0 aromatic heterocycles. The van der Waals surface area contributed by atoms with Gasteiger partial charge in [-0.2, -0.15) is 0 Å². The molecule has 1 aromatic carbocycles. The van der Waals surface area contributed by atoms with E-state index >= 15 is 0 Å². The highest BCUT2D eigenvalue weighted by Gasteiger charge is 2.10. The van der Waals surface area contributed by atoms with Gasteiger partial charge in [-0.3, -0.25) is 9.59 Å². The largest absolute Gasteiger partial charge is 0.493 e. The fraction of sp³-hybridized carbons (Fsp3) is 0.467. The van der Waals surface area contributed by atoms with Gasteiger partial charge in [-0.25, -0.2) is 0 Å². The van der Waals surface area contributed by atoms with Gasteiger partial charge in [-0.15, -0.1) is 0 Å². The first kappa shape index (κ1) is 15.2. The standard InChI is InChI=1S/C15H21NO3/c1-4-6-15(18)16-12-7-8-14(19-9-5-2)13(10-12)11(3)17/h7-8,10H,4-6,9H2,1-3H3,(H,16,18). The van der Waals surface area contributed by atoms with Crippen LogP contribution in [0.4, 0.5) is 5.69 Å². The zero-order valence-electron chi connectivity index (χ0n) is 11.8. The third-order valence-electron chi connectivity index (χ3n) is 2.58. The van der Waals surface area contributed by atoms with Crippen LogP contribution in [0.1, 0.15) is 50.4 Å². The molecule has 1 aromatic rings. The average molecular weight is 263 g/mol. The lowest BCUT2D eigenvalue weighted by Gasteiger charge is -2.11. The SMILES string of the molecule is CCCOc1ccc(NC(=O)CCC)cc1C(C)=O. The van der Waals surface area contributed by atoms with Crippen molar-refractivity contribution in [3.63, 3.8) is 0 Å². The number of carbonyl (C=O) groups excluding carboxylic acids is 2. The molecule has 0 fully saturated rings. The van der Waals surface area contributed by atoms with E-state index in [1.807, 2.05) is 13.8 Å². The minimum absolute atomic E-state index is 0.0424. The number of benzene rings is 1. The minimum Gasteiger partial charge on any atom is -0.493 e. The molecule has 0 bridgehead atoms. The molecule has 1 rings (SSSR count). The van der Waals surface area contributed by atoms with Crippen molar-refractivity contribution in [2.75, 3.05) is 11.9 Å². The molecule has 0 aliphatic heterocycles. The van der Waals surface area contributed by atoms with Crippen LogP contribution in [-0.2, 0) is 4.79 Å². The Balaban J connectivity index is 2.89. The van der Waals surface area contributed by atoms with Crippen molar-refractivity contribution in [2.24, 2.45) is 0 Å². The number of carbonyl (C=O) groups is 2. The molecule has 4 heteroatoms. The Morgan fingerprint density at radius 2 is 1.95 bits per heavy atom. The average Bonchev–Trinajstić information content (AvgIpc) is 2.37.